The van der Waals surface area contributed by atoms with Gasteiger partial charge >= 0.3 is 18.1 Å². The third-order valence-electron chi connectivity index (χ3n) is 2.51. The molecule has 0 spiro atoms. The Kier molecular flexibility index (Phi) is 11.0. The molecule has 0 aliphatic rings. The van der Waals surface area contributed by atoms with Gasteiger partial charge in [-0.1, -0.05) is 0 Å². The van der Waals surface area contributed by atoms with Gasteiger partial charge in [0.1, 0.15) is 0 Å². The lowest BCUT2D eigenvalue weighted by atomic mass is 10.9. The van der Waals surface area contributed by atoms with Crippen LogP contribution in [-0.2, 0) is 29.7 Å². The maximum atomic E-state index is 6.52. The standard InChI is InChI=1S/C15H42O7Si5/c1-13-16-26(17-14-2,19-23(4,5)6)22-27(18-15-3,20-24(7,8)9)21-25(10,11)12/h13-15H2,1-12H3. The molecule has 0 aromatic carbocycles. The van der Waals surface area contributed by atoms with E-state index in [1.165, 1.54) is 0 Å². The quantitative estimate of drug-likeness (QED) is 0.342. The lowest BCUT2D eigenvalue weighted by molar-refractivity contribution is -0.00845. The second-order valence-electron chi connectivity index (χ2n) is 9.04. The van der Waals surface area contributed by atoms with Crippen molar-refractivity contribution >= 4 is 43.0 Å². The molecule has 164 valence electrons. The van der Waals surface area contributed by atoms with Crippen LogP contribution in [-0.4, -0.2) is 62.9 Å². The van der Waals surface area contributed by atoms with E-state index in [9.17, 15) is 0 Å². The van der Waals surface area contributed by atoms with E-state index in [0.29, 0.717) is 19.8 Å². The van der Waals surface area contributed by atoms with Crippen molar-refractivity contribution in [2.45, 2.75) is 79.7 Å². The summed E-state index contributed by atoms with van der Waals surface area (Å²) in [4.78, 5) is 0. The highest BCUT2D eigenvalue weighted by Crippen LogP contribution is 2.29. The van der Waals surface area contributed by atoms with Crippen molar-refractivity contribution in [3.8, 4) is 0 Å². The number of rotatable bonds is 14. The molecule has 0 bridgehead atoms. The predicted molar refractivity (Wildman–Crippen MR) is 121 cm³/mol. The molecule has 0 aromatic rings. The second-order valence-corrected chi connectivity index (χ2v) is 27.9. The van der Waals surface area contributed by atoms with Crippen LogP contribution in [0.25, 0.3) is 0 Å². The summed E-state index contributed by atoms with van der Waals surface area (Å²) in [6.45, 7) is 25.8. The topological polar surface area (TPSA) is 64.6 Å². The minimum absolute atomic E-state index is 0.410. The van der Waals surface area contributed by atoms with E-state index >= 15 is 0 Å². The van der Waals surface area contributed by atoms with E-state index in [2.05, 4.69) is 58.9 Å². The van der Waals surface area contributed by atoms with E-state index in [0.717, 1.165) is 0 Å². The van der Waals surface area contributed by atoms with Crippen LogP contribution in [0.15, 0.2) is 0 Å². The van der Waals surface area contributed by atoms with Gasteiger partial charge in [-0.15, -0.1) is 0 Å². The summed E-state index contributed by atoms with van der Waals surface area (Å²) in [5, 5.41) is 0. The van der Waals surface area contributed by atoms with Crippen molar-refractivity contribution in [2.75, 3.05) is 19.8 Å². The van der Waals surface area contributed by atoms with Crippen LogP contribution in [0, 0.1) is 0 Å². The Hall–Kier alpha value is 0.804. The number of hydrogen-bond acceptors (Lipinski definition) is 7. The third kappa shape index (κ3) is 12.2. The third-order valence-corrected chi connectivity index (χ3v) is 16.8. The van der Waals surface area contributed by atoms with E-state index in [1.54, 1.807) is 0 Å². The summed E-state index contributed by atoms with van der Waals surface area (Å²) < 4.78 is 43.9. The Labute approximate surface area is 172 Å². The lowest BCUT2D eigenvalue weighted by Gasteiger charge is -2.42. The smallest absolute Gasteiger partial charge is 0.395 e. The molecular weight excluding hydrogens is 433 g/mol. The van der Waals surface area contributed by atoms with Gasteiger partial charge in [0.25, 0.3) is 0 Å². The highest BCUT2D eigenvalue weighted by Gasteiger charge is 2.62. The van der Waals surface area contributed by atoms with Gasteiger partial charge in [-0.2, -0.15) is 0 Å². The van der Waals surface area contributed by atoms with Gasteiger partial charge in [0.2, 0.25) is 0 Å². The average molecular weight is 475 g/mol. The van der Waals surface area contributed by atoms with Crippen LogP contribution >= 0.6 is 0 Å². The van der Waals surface area contributed by atoms with Crippen molar-refractivity contribution in [3.05, 3.63) is 0 Å². The molecule has 0 saturated heterocycles. The zero-order valence-corrected chi connectivity index (χ0v) is 24.5. The Balaban J connectivity index is 6.19. The highest BCUT2D eigenvalue weighted by molar-refractivity contribution is 6.87. The molecule has 0 aliphatic carbocycles. The Bertz CT molecular complexity index is 410. The summed E-state index contributed by atoms with van der Waals surface area (Å²) in [5.41, 5.74) is 0. The molecule has 0 atom stereocenters. The van der Waals surface area contributed by atoms with Crippen molar-refractivity contribution < 1.29 is 29.7 Å². The minimum atomic E-state index is -3.54. The van der Waals surface area contributed by atoms with Crippen molar-refractivity contribution in [2.24, 2.45) is 0 Å². The van der Waals surface area contributed by atoms with Crippen molar-refractivity contribution in [1.82, 2.24) is 0 Å². The van der Waals surface area contributed by atoms with Gasteiger partial charge in [0, 0.05) is 19.8 Å². The van der Waals surface area contributed by atoms with Gasteiger partial charge in [0.05, 0.1) is 0 Å². The first-order valence-electron chi connectivity index (χ1n) is 9.73. The molecule has 27 heavy (non-hydrogen) atoms. The Morgan fingerprint density at radius 1 is 0.407 bits per heavy atom. The number of hydrogen-bond donors (Lipinski definition) is 0. The molecule has 0 amide bonds. The Morgan fingerprint density at radius 3 is 0.926 bits per heavy atom. The van der Waals surface area contributed by atoms with Crippen LogP contribution in [0.4, 0.5) is 0 Å². The molecule has 0 N–H and O–H groups in total. The summed E-state index contributed by atoms with van der Waals surface area (Å²) in [6.07, 6.45) is 0. The summed E-state index contributed by atoms with van der Waals surface area (Å²) in [6, 6.07) is 0. The van der Waals surface area contributed by atoms with Crippen LogP contribution < -0.4 is 0 Å². The lowest BCUT2D eigenvalue weighted by Crippen LogP contribution is -2.68. The minimum Gasteiger partial charge on any atom is -0.395 e. The van der Waals surface area contributed by atoms with Gasteiger partial charge < -0.3 is 29.7 Å². The van der Waals surface area contributed by atoms with Gasteiger partial charge in [-0.25, -0.2) is 0 Å². The molecule has 12 heteroatoms. The monoisotopic (exact) mass is 474 g/mol. The molecule has 0 unspecified atom stereocenters. The van der Waals surface area contributed by atoms with E-state index in [-0.39, 0.29) is 0 Å². The zero-order chi connectivity index (χ0) is 21.6. The van der Waals surface area contributed by atoms with Gasteiger partial charge in [-0.3, -0.25) is 0 Å². The fourth-order valence-electron chi connectivity index (χ4n) is 2.14. The fourth-order valence-corrected chi connectivity index (χ4v) is 17.3. The zero-order valence-electron chi connectivity index (χ0n) is 19.5. The molecule has 7 nitrogen and oxygen atoms in total. The van der Waals surface area contributed by atoms with Crippen molar-refractivity contribution in [1.29, 1.82) is 0 Å². The van der Waals surface area contributed by atoms with Crippen LogP contribution in [0.1, 0.15) is 20.8 Å². The molecular formula is C15H42O7Si5. The summed E-state index contributed by atoms with van der Waals surface area (Å²) in [5.74, 6) is 0. The van der Waals surface area contributed by atoms with E-state index in [1.807, 2.05) is 20.8 Å². The first-order chi connectivity index (χ1) is 12.0. The predicted octanol–water partition coefficient (Wildman–Crippen LogP) is 4.54. The van der Waals surface area contributed by atoms with Crippen LogP contribution in [0.3, 0.4) is 0 Å². The SMILES string of the molecule is CCO[Si](OCC)(O[Si](C)(C)C)O[Si](OCC)(O[Si](C)(C)C)O[Si](C)(C)C. The van der Waals surface area contributed by atoms with Gasteiger partial charge in [-0.05, 0) is 79.7 Å². The van der Waals surface area contributed by atoms with Crippen molar-refractivity contribution in [3.63, 3.8) is 0 Å². The maximum Gasteiger partial charge on any atom is 0.663 e. The van der Waals surface area contributed by atoms with E-state index < -0.39 is 43.0 Å². The molecule has 0 radical (unpaired) electrons. The van der Waals surface area contributed by atoms with Gasteiger partial charge in [0.15, 0.2) is 25.0 Å². The molecule has 0 fully saturated rings. The Morgan fingerprint density at radius 2 is 0.667 bits per heavy atom. The van der Waals surface area contributed by atoms with Crippen LogP contribution in [0.5, 0.6) is 0 Å². The fraction of sp³-hybridized carbons (Fsp3) is 1.00. The van der Waals surface area contributed by atoms with E-state index in [4.69, 9.17) is 29.7 Å². The highest BCUT2D eigenvalue weighted by atomic mass is 28.5. The normalized spacial score (nSPS) is 14.7. The molecule has 0 aliphatic heterocycles. The molecule has 0 saturated carbocycles. The summed E-state index contributed by atoms with van der Waals surface area (Å²) >= 11 is 0. The first-order valence-corrected chi connectivity index (χ1v) is 23.2. The summed E-state index contributed by atoms with van der Waals surface area (Å²) in [7, 11) is -13.2. The second kappa shape index (κ2) is 10.7. The molecule has 0 aromatic heterocycles. The average Bonchev–Trinajstić information content (AvgIpc) is 2.31. The molecule has 0 rings (SSSR count). The maximum absolute atomic E-state index is 6.52. The molecule has 0 heterocycles. The largest absolute Gasteiger partial charge is 0.663 e. The van der Waals surface area contributed by atoms with Crippen LogP contribution in [0.2, 0.25) is 58.9 Å². The first kappa shape index (κ1) is 27.8.